The van der Waals surface area contributed by atoms with Gasteiger partial charge < -0.3 is 5.32 Å². The van der Waals surface area contributed by atoms with Crippen molar-refractivity contribution >= 4 is 28.7 Å². The summed E-state index contributed by atoms with van der Waals surface area (Å²) >= 11 is 1.15. The smallest absolute Gasteiger partial charge is 0.332 e. The second-order valence-electron chi connectivity index (χ2n) is 7.71. The largest absolute Gasteiger partial charge is 0.351 e. The van der Waals surface area contributed by atoms with E-state index in [2.05, 4.69) is 15.3 Å². The molecule has 0 aliphatic rings. The van der Waals surface area contributed by atoms with E-state index < -0.39 is 11.2 Å². The predicted molar refractivity (Wildman–Crippen MR) is 114 cm³/mol. The van der Waals surface area contributed by atoms with E-state index in [1.54, 1.807) is 7.05 Å². The third-order valence-corrected chi connectivity index (χ3v) is 5.13. The van der Waals surface area contributed by atoms with Gasteiger partial charge in [-0.25, -0.2) is 14.8 Å². The molecule has 0 saturated carbocycles. The number of hydrogen-bond donors (Lipinski definition) is 1. The lowest BCUT2D eigenvalue weighted by molar-refractivity contribution is -0.119. The van der Waals surface area contributed by atoms with Crippen LogP contribution < -0.4 is 16.6 Å². The van der Waals surface area contributed by atoms with Gasteiger partial charge in [0.25, 0.3) is 5.56 Å². The van der Waals surface area contributed by atoms with Crippen LogP contribution in [0.25, 0.3) is 22.4 Å². The number of aryl methyl sites for hydroxylation is 1. The average Bonchev–Trinajstić information content (AvgIpc) is 2.67. The molecule has 0 spiro atoms. The summed E-state index contributed by atoms with van der Waals surface area (Å²) in [5.41, 5.74) is -0.321. The lowest BCUT2D eigenvalue weighted by Gasteiger charge is -2.20. The Balaban J connectivity index is 2.17. The molecule has 0 saturated heterocycles. The normalized spacial score (nSPS) is 11.6. The first-order valence-corrected chi connectivity index (χ1v) is 10.0. The molecule has 8 nitrogen and oxygen atoms in total. The van der Waals surface area contributed by atoms with Gasteiger partial charge in [-0.3, -0.25) is 18.7 Å². The Morgan fingerprint density at radius 1 is 1.07 bits per heavy atom. The van der Waals surface area contributed by atoms with Gasteiger partial charge >= 0.3 is 5.69 Å². The van der Waals surface area contributed by atoms with E-state index in [1.807, 2.05) is 51.1 Å². The fourth-order valence-corrected chi connectivity index (χ4v) is 3.65. The fraction of sp³-hybridized carbons (Fsp3) is 0.350. The number of nitrogens with zero attached hydrogens (tertiary/aromatic N) is 4. The molecule has 0 aliphatic heterocycles. The van der Waals surface area contributed by atoms with Crippen molar-refractivity contribution in [1.82, 2.24) is 24.4 Å². The highest BCUT2D eigenvalue weighted by atomic mass is 32.2. The second-order valence-corrected chi connectivity index (χ2v) is 8.67. The summed E-state index contributed by atoms with van der Waals surface area (Å²) in [5.74, 6) is 0.307. The standard InChI is InChI=1S/C20H23N5O3S/c1-20(2,3)23-13(26)11-29-17-14-16(24(4)19(28)25(5)18(14)27)21-15(22-17)12-9-7-6-8-10-12/h6-10H,11H2,1-5H3,(H,23,26). The van der Waals surface area contributed by atoms with E-state index >= 15 is 0 Å². The SMILES string of the molecule is Cn1c(=O)c2c(SCC(=O)NC(C)(C)C)nc(-c3ccccc3)nc2n(C)c1=O. The van der Waals surface area contributed by atoms with Crippen LogP contribution in [0.3, 0.4) is 0 Å². The van der Waals surface area contributed by atoms with Gasteiger partial charge in [0.1, 0.15) is 10.4 Å². The minimum Gasteiger partial charge on any atom is -0.351 e. The number of carbonyl (C=O) groups is 1. The van der Waals surface area contributed by atoms with Crippen LogP contribution >= 0.6 is 11.8 Å². The Morgan fingerprint density at radius 3 is 2.34 bits per heavy atom. The van der Waals surface area contributed by atoms with Crippen molar-refractivity contribution < 1.29 is 4.79 Å². The zero-order valence-corrected chi connectivity index (χ0v) is 17.8. The van der Waals surface area contributed by atoms with Crippen molar-refractivity contribution in [1.29, 1.82) is 0 Å². The molecule has 1 N–H and O–H groups in total. The minimum absolute atomic E-state index is 0.0869. The van der Waals surface area contributed by atoms with Crippen molar-refractivity contribution in [2.75, 3.05) is 5.75 Å². The van der Waals surface area contributed by atoms with Crippen molar-refractivity contribution in [3.8, 4) is 11.4 Å². The Kier molecular flexibility index (Phi) is 5.61. The maximum absolute atomic E-state index is 12.8. The molecule has 2 heterocycles. The van der Waals surface area contributed by atoms with Gasteiger partial charge in [0, 0.05) is 25.2 Å². The fourth-order valence-electron chi connectivity index (χ4n) is 2.84. The molecule has 1 amide bonds. The van der Waals surface area contributed by atoms with Gasteiger partial charge in [-0.1, -0.05) is 42.1 Å². The van der Waals surface area contributed by atoms with Gasteiger partial charge in [0.2, 0.25) is 5.91 Å². The molecule has 9 heteroatoms. The van der Waals surface area contributed by atoms with Crippen molar-refractivity contribution in [3.63, 3.8) is 0 Å². The van der Waals surface area contributed by atoms with E-state index in [9.17, 15) is 14.4 Å². The number of thioether (sulfide) groups is 1. The van der Waals surface area contributed by atoms with E-state index in [1.165, 1.54) is 11.6 Å². The van der Waals surface area contributed by atoms with Gasteiger partial charge in [0.15, 0.2) is 11.5 Å². The summed E-state index contributed by atoms with van der Waals surface area (Å²) in [6.45, 7) is 5.69. The van der Waals surface area contributed by atoms with Crippen molar-refractivity contribution in [2.45, 2.75) is 31.3 Å². The third kappa shape index (κ3) is 4.40. The molecule has 152 valence electrons. The second kappa shape index (κ2) is 7.82. The van der Waals surface area contributed by atoms with Gasteiger partial charge in [-0.2, -0.15) is 0 Å². The quantitative estimate of drug-likeness (QED) is 0.516. The number of fused-ring (bicyclic) bond motifs is 1. The highest BCUT2D eigenvalue weighted by Crippen LogP contribution is 2.26. The zero-order valence-electron chi connectivity index (χ0n) is 17.0. The van der Waals surface area contributed by atoms with Gasteiger partial charge in [-0.15, -0.1) is 0 Å². The number of hydrogen-bond acceptors (Lipinski definition) is 6. The van der Waals surface area contributed by atoms with Crippen LogP contribution in [0.4, 0.5) is 0 Å². The molecular formula is C20H23N5O3S. The number of amides is 1. The molecule has 29 heavy (non-hydrogen) atoms. The minimum atomic E-state index is -0.485. The molecule has 3 aromatic rings. The summed E-state index contributed by atoms with van der Waals surface area (Å²) in [6.07, 6.45) is 0. The molecular weight excluding hydrogens is 390 g/mol. The summed E-state index contributed by atoms with van der Waals surface area (Å²) < 4.78 is 2.34. The van der Waals surface area contributed by atoms with Crippen LogP contribution in [0.2, 0.25) is 0 Å². The number of nitrogens with one attached hydrogen (secondary N) is 1. The summed E-state index contributed by atoms with van der Waals surface area (Å²) in [7, 11) is 2.97. The molecule has 2 aromatic heterocycles. The average molecular weight is 414 g/mol. The molecule has 0 aliphatic carbocycles. The van der Waals surface area contributed by atoms with Crippen LogP contribution in [0.1, 0.15) is 20.8 Å². The first-order chi connectivity index (χ1) is 13.6. The van der Waals surface area contributed by atoms with E-state index in [0.29, 0.717) is 10.9 Å². The summed E-state index contributed by atoms with van der Waals surface area (Å²) in [5, 5.41) is 3.48. The molecule has 0 radical (unpaired) electrons. The Bertz CT molecular complexity index is 1190. The van der Waals surface area contributed by atoms with Crippen molar-refractivity contribution in [2.24, 2.45) is 14.1 Å². The molecule has 0 fully saturated rings. The molecule has 0 atom stereocenters. The number of rotatable bonds is 4. The maximum atomic E-state index is 12.8. The molecule has 3 rings (SSSR count). The molecule has 1 aromatic carbocycles. The number of benzene rings is 1. The van der Waals surface area contributed by atoms with Crippen LogP contribution in [0.5, 0.6) is 0 Å². The summed E-state index contributed by atoms with van der Waals surface area (Å²) in [4.78, 5) is 46.5. The van der Waals surface area contributed by atoms with Crippen LogP contribution in [-0.4, -0.2) is 36.3 Å². The first-order valence-electron chi connectivity index (χ1n) is 9.05. The number of carbonyl (C=O) groups excluding carboxylic acids is 1. The number of aromatic nitrogens is 4. The Morgan fingerprint density at radius 2 is 1.72 bits per heavy atom. The van der Waals surface area contributed by atoms with Gasteiger partial charge in [-0.05, 0) is 20.8 Å². The highest BCUT2D eigenvalue weighted by molar-refractivity contribution is 8.00. The van der Waals surface area contributed by atoms with E-state index in [4.69, 9.17) is 0 Å². The van der Waals surface area contributed by atoms with Crippen molar-refractivity contribution in [3.05, 3.63) is 51.2 Å². The zero-order chi connectivity index (χ0) is 21.3. The Labute approximate surface area is 172 Å². The van der Waals surface area contributed by atoms with Crippen LogP contribution in [0.15, 0.2) is 44.9 Å². The lowest BCUT2D eigenvalue weighted by atomic mass is 10.1. The molecule has 0 bridgehead atoms. The lowest BCUT2D eigenvalue weighted by Crippen LogP contribution is -2.41. The first kappa shape index (κ1) is 20.8. The highest BCUT2D eigenvalue weighted by Gasteiger charge is 2.20. The van der Waals surface area contributed by atoms with Crippen LogP contribution in [0, 0.1) is 0 Å². The van der Waals surface area contributed by atoms with Gasteiger partial charge in [0.05, 0.1) is 5.75 Å². The topological polar surface area (TPSA) is 98.9 Å². The maximum Gasteiger partial charge on any atom is 0.332 e. The summed E-state index contributed by atoms with van der Waals surface area (Å²) in [6, 6.07) is 9.29. The Hall–Kier alpha value is -2.94. The van der Waals surface area contributed by atoms with E-state index in [-0.39, 0.29) is 28.2 Å². The predicted octanol–water partition coefficient (Wildman–Crippen LogP) is 1.70. The monoisotopic (exact) mass is 413 g/mol. The van der Waals surface area contributed by atoms with E-state index in [0.717, 1.165) is 21.9 Å². The third-order valence-electron chi connectivity index (χ3n) is 4.15. The van der Waals surface area contributed by atoms with Crippen LogP contribution in [-0.2, 0) is 18.9 Å². The molecule has 0 unspecified atom stereocenters.